The van der Waals surface area contributed by atoms with E-state index in [9.17, 15) is 9.59 Å². The normalized spacial score (nSPS) is 12.4. The minimum absolute atomic E-state index is 0.00528. The highest BCUT2D eigenvalue weighted by atomic mass is 35.5. The first-order chi connectivity index (χ1) is 9.97. The maximum atomic E-state index is 12.7. The van der Waals surface area contributed by atoms with Crippen LogP contribution in [0.3, 0.4) is 0 Å². The van der Waals surface area contributed by atoms with Gasteiger partial charge in [0.2, 0.25) is 0 Å². The summed E-state index contributed by atoms with van der Waals surface area (Å²) in [7, 11) is 0. The molecule has 0 spiro atoms. The number of benzene rings is 1. The third-order valence-electron chi connectivity index (χ3n) is 3.08. The second-order valence-corrected chi connectivity index (χ2v) is 6.27. The first kappa shape index (κ1) is 16.2. The zero-order valence-corrected chi connectivity index (χ0v) is 13.9. The third kappa shape index (κ3) is 3.20. The molecule has 0 aliphatic carbocycles. The van der Waals surface area contributed by atoms with Crippen molar-refractivity contribution in [3.8, 4) is 11.1 Å². The van der Waals surface area contributed by atoms with Crippen LogP contribution in [0.25, 0.3) is 11.1 Å². The van der Waals surface area contributed by atoms with E-state index in [4.69, 9.17) is 23.2 Å². The summed E-state index contributed by atoms with van der Waals surface area (Å²) in [5, 5.41) is 0.415. The van der Waals surface area contributed by atoms with Gasteiger partial charge in [-0.25, -0.2) is 4.79 Å². The number of rotatable bonds is 4. The van der Waals surface area contributed by atoms with Gasteiger partial charge in [0.05, 0.1) is 5.56 Å². The number of thioether (sulfide) groups is 1. The van der Waals surface area contributed by atoms with E-state index in [-0.39, 0.29) is 16.8 Å². The smallest absolute Gasteiger partial charge is 0.297 e. The molecule has 0 aliphatic heterocycles. The van der Waals surface area contributed by atoms with Gasteiger partial charge in [-0.15, -0.1) is 0 Å². The van der Waals surface area contributed by atoms with Gasteiger partial charge in [0.1, 0.15) is 5.15 Å². The molecule has 2 rings (SSSR count). The summed E-state index contributed by atoms with van der Waals surface area (Å²) in [4.78, 5) is 27.2. The molecule has 0 radical (unpaired) electrons. The lowest BCUT2D eigenvalue weighted by molar-refractivity contribution is 0.555. The largest absolute Gasteiger partial charge is 0.329 e. The van der Waals surface area contributed by atoms with Gasteiger partial charge in [-0.2, -0.15) is 11.8 Å². The molecule has 0 bridgehead atoms. The van der Waals surface area contributed by atoms with Crippen molar-refractivity contribution >= 4 is 35.0 Å². The summed E-state index contributed by atoms with van der Waals surface area (Å²) >= 11 is 13.8. The van der Waals surface area contributed by atoms with Crippen molar-refractivity contribution in [1.29, 1.82) is 0 Å². The number of aromatic nitrogens is 2. The Kier molecular flexibility index (Phi) is 5.19. The summed E-state index contributed by atoms with van der Waals surface area (Å²) < 4.78 is 1.18. The maximum Gasteiger partial charge on any atom is 0.329 e. The molecule has 112 valence electrons. The van der Waals surface area contributed by atoms with Gasteiger partial charge in [-0.1, -0.05) is 41.4 Å². The standard InChI is InChI=1S/C14H14Cl2N2O2S/c1-8(7-21-2)18-13(19)11(12(16)17-14(18)20)9-5-3-4-6-10(9)15/h3-6,8H,7H2,1-2H3,(H,17,20). The van der Waals surface area contributed by atoms with Gasteiger partial charge in [0.25, 0.3) is 5.56 Å². The monoisotopic (exact) mass is 344 g/mol. The van der Waals surface area contributed by atoms with Crippen LogP contribution in [-0.4, -0.2) is 21.6 Å². The molecular weight excluding hydrogens is 331 g/mol. The van der Waals surface area contributed by atoms with E-state index in [0.29, 0.717) is 16.3 Å². The van der Waals surface area contributed by atoms with Gasteiger partial charge < -0.3 is 0 Å². The van der Waals surface area contributed by atoms with Crippen LogP contribution in [0, 0.1) is 0 Å². The molecule has 2 aromatic rings. The Morgan fingerprint density at radius 3 is 2.57 bits per heavy atom. The molecule has 0 aliphatic rings. The number of hydrogen-bond acceptors (Lipinski definition) is 3. The molecule has 4 nitrogen and oxygen atoms in total. The van der Waals surface area contributed by atoms with E-state index >= 15 is 0 Å². The van der Waals surface area contributed by atoms with Crippen molar-refractivity contribution in [3.05, 3.63) is 55.3 Å². The fourth-order valence-corrected chi connectivity index (χ4v) is 3.26. The van der Waals surface area contributed by atoms with Gasteiger partial charge in [0.15, 0.2) is 0 Å². The number of nitrogens with zero attached hydrogens (tertiary/aromatic N) is 1. The lowest BCUT2D eigenvalue weighted by Crippen LogP contribution is -2.39. The van der Waals surface area contributed by atoms with Crippen molar-refractivity contribution in [3.63, 3.8) is 0 Å². The third-order valence-corrected chi connectivity index (χ3v) is 4.51. The number of aromatic amines is 1. The van der Waals surface area contributed by atoms with Crippen LogP contribution in [0.1, 0.15) is 13.0 Å². The summed E-state index contributed by atoms with van der Waals surface area (Å²) in [6.07, 6.45) is 1.92. The average molecular weight is 345 g/mol. The molecule has 1 N–H and O–H groups in total. The van der Waals surface area contributed by atoms with E-state index < -0.39 is 11.2 Å². The highest BCUT2D eigenvalue weighted by Gasteiger charge is 2.19. The molecule has 1 aromatic heterocycles. The van der Waals surface area contributed by atoms with Crippen molar-refractivity contribution in [2.75, 3.05) is 12.0 Å². The Balaban J connectivity index is 2.74. The van der Waals surface area contributed by atoms with Crippen molar-refractivity contribution in [2.24, 2.45) is 0 Å². The Hall–Kier alpha value is -1.17. The number of halogens is 2. The van der Waals surface area contributed by atoms with Gasteiger partial charge >= 0.3 is 5.69 Å². The topological polar surface area (TPSA) is 54.9 Å². The molecule has 7 heteroatoms. The Bertz CT molecular complexity index is 770. The highest BCUT2D eigenvalue weighted by Crippen LogP contribution is 2.28. The summed E-state index contributed by atoms with van der Waals surface area (Å²) in [5.74, 6) is 0.645. The maximum absolute atomic E-state index is 12.7. The van der Waals surface area contributed by atoms with E-state index in [1.807, 2.05) is 13.2 Å². The van der Waals surface area contributed by atoms with Crippen LogP contribution < -0.4 is 11.2 Å². The molecule has 21 heavy (non-hydrogen) atoms. The minimum atomic E-state index is -0.512. The number of nitrogens with one attached hydrogen (secondary N) is 1. The van der Waals surface area contributed by atoms with E-state index in [1.165, 1.54) is 4.57 Å². The molecule has 0 saturated carbocycles. The first-order valence-corrected chi connectivity index (χ1v) is 8.40. The molecule has 1 atom stereocenters. The predicted octanol–water partition coefficient (Wildman–Crippen LogP) is 3.43. The number of hydrogen-bond donors (Lipinski definition) is 1. The van der Waals surface area contributed by atoms with Crippen LogP contribution in [0.5, 0.6) is 0 Å². The first-order valence-electron chi connectivity index (χ1n) is 6.25. The van der Waals surface area contributed by atoms with E-state index in [2.05, 4.69) is 4.98 Å². The van der Waals surface area contributed by atoms with Gasteiger partial charge in [-0.3, -0.25) is 14.3 Å². The van der Waals surface area contributed by atoms with E-state index in [0.717, 1.165) is 0 Å². The van der Waals surface area contributed by atoms with Crippen LogP contribution in [0.4, 0.5) is 0 Å². The van der Waals surface area contributed by atoms with Gasteiger partial charge in [-0.05, 0) is 19.2 Å². The molecule has 0 amide bonds. The van der Waals surface area contributed by atoms with Crippen molar-refractivity contribution < 1.29 is 0 Å². The zero-order valence-electron chi connectivity index (χ0n) is 11.5. The van der Waals surface area contributed by atoms with Crippen LogP contribution >= 0.6 is 35.0 Å². The fourth-order valence-electron chi connectivity index (χ4n) is 2.14. The Labute approximate surface area is 136 Å². The zero-order chi connectivity index (χ0) is 15.6. The quantitative estimate of drug-likeness (QED) is 0.864. The predicted molar refractivity (Wildman–Crippen MR) is 89.9 cm³/mol. The lowest BCUT2D eigenvalue weighted by Gasteiger charge is -2.15. The number of H-pyrrole nitrogens is 1. The highest BCUT2D eigenvalue weighted by molar-refractivity contribution is 7.98. The molecular formula is C14H14Cl2N2O2S. The molecule has 0 saturated heterocycles. The molecule has 1 heterocycles. The van der Waals surface area contributed by atoms with Crippen molar-refractivity contribution in [2.45, 2.75) is 13.0 Å². The summed E-state index contributed by atoms with van der Waals surface area (Å²) in [6, 6.07) is 6.66. The minimum Gasteiger partial charge on any atom is -0.297 e. The fraction of sp³-hybridized carbons (Fsp3) is 0.286. The van der Waals surface area contributed by atoms with Crippen LogP contribution in [-0.2, 0) is 0 Å². The Morgan fingerprint density at radius 2 is 1.95 bits per heavy atom. The lowest BCUT2D eigenvalue weighted by atomic mass is 10.1. The molecule has 1 aromatic carbocycles. The SMILES string of the molecule is CSCC(C)n1c(=O)[nH]c(Cl)c(-c2ccccc2Cl)c1=O. The van der Waals surface area contributed by atoms with E-state index in [1.54, 1.807) is 36.0 Å². The Morgan fingerprint density at radius 1 is 1.29 bits per heavy atom. The summed E-state index contributed by atoms with van der Waals surface area (Å²) in [6.45, 7) is 1.82. The average Bonchev–Trinajstić information content (AvgIpc) is 2.40. The molecule has 1 unspecified atom stereocenters. The second-order valence-electron chi connectivity index (χ2n) is 4.58. The van der Waals surface area contributed by atoms with Crippen LogP contribution in [0.15, 0.2) is 33.9 Å². The molecule has 0 fully saturated rings. The van der Waals surface area contributed by atoms with Crippen molar-refractivity contribution in [1.82, 2.24) is 9.55 Å². The van der Waals surface area contributed by atoms with Gasteiger partial charge in [0, 0.05) is 22.4 Å². The summed E-state index contributed by atoms with van der Waals surface area (Å²) in [5.41, 5.74) is -0.217. The second kappa shape index (κ2) is 6.73. The van der Waals surface area contributed by atoms with Crippen LogP contribution in [0.2, 0.25) is 10.2 Å².